The van der Waals surface area contributed by atoms with Crippen LogP contribution >= 0.6 is 0 Å². The molecule has 1 N–H and O–H groups in total. The van der Waals surface area contributed by atoms with E-state index in [0.29, 0.717) is 18.2 Å². The second-order valence-corrected chi connectivity index (χ2v) is 4.90. The molecule has 4 nitrogen and oxygen atoms in total. The largest absolute Gasteiger partial charge is 0.359 e. The summed E-state index contributed by atoms with van der Waals surface area (Å²) in [4.78, 5) is 11.8. The van der Waals surface area contributed by atoms with Crippen LogP contribution in [-0.4, -0.2) is 11.1 Å². The van der Waals surface area contributed by atoms with Crippen molar-refractivity contribution >= 4 is 5.91 Å². The van der Waals surface area contributed by atoms with Gasteiger partial charge in [-0.15, -0.1) is 0 Å². The highest BCUT2D eigenvalue weighted by molar-refractivity contribution is 5.95. The summed E-state index contributed by atoms with van der Waals surface area (Å²) in [5, 5.41) is 6.83. The van der Waals surface area contributed by atoms with E-state index in [2.05, 4.69) is 10.5 Å². The molecule has 1 aliphatic rings. The van der Waals surface area contributed by atoms with Crippen LogP contribution in [0.4, 0.5) is 0 Å². The fraction of sp³-hybridized carbons (Fsp3) is 0.118. The van der Waals surface area contributed by atoms with Gasteiger partial charge >= 0.3 is 0 Å². The van der Waals surface area contributed by atoms with E-state index < -0.39 is 0 Å². The molecular weight excluding hydrogens is 264 g/mol. The number of hydrogen-bond acceptors (Lipinski definition) is 3. The molecule has 3 rings (SSSR count). The number of hydrogen-bond donors (Lipinski definition) is 1. The lowest BCUT2D eigenvalue weighted by atomic mass is 10.1. The average molecular weight is 279 g/mol. The Morgan fingerprint density at radius 3 is 2.62 bits per heavy atom. The summed E-state index contributed by atoms with van der Waals surface area (Å²) in [7, 11) is 0. The zero-order valence-electron chi connectivity index (χ0n) is 11.7. The lowest BCUT2D eigenvalue weighted by Gasteiger charge is -2.06. The molecule has 1 aromatic carbocycles. The summed E-state index contributed by atoms with van der Waals surface area (Å²) >= 11 is 0. The Bertz CT molecular complexity index is 610. The number of amides is 1. The molecular formula is C17H15N2O2. The fourth-order valence-corrected chi connectivity index (χ4v) is 2.05. The van der Waals surface area contributed by atoms with Gasteiger partial charge in [0.05, 0.1) is 12.5 Å². The third kappa shape index (κ3) is 3.32. The lowest BCUT2D eigenvalue weighted by molar-refractivity contribution is -0.118. The van der Waals surface area contributed by atoms with Gasteiger partial charge in [-0.2, -0.15) is 0 Å². The van der Waals surface area contributed by atoms with Crippen LogP contribution in [0.2, 0.25) is 0 Å². The molecule has 0 atom stereocenters. The quantitative estimate of drug-likeness (QED) is 0.936. The number of carbonyl (C=O) groups is 1. The molecule has 1 saturated carbocycles. The molecule has 0 bridgehead atoms. The van der Waals surface area contributed by atoms with Gasteiger partial charge < -0.3 is 9.84 Å². The number of aromatic nitrogens is 1. The standard InChI is InChI=1S/C17H15N2O2/c1-12-6-8-13(9-7-12)16-10-15(21-19-16)11-18-17(20)14-4-2-3-5-14/h2-10H,11H2,1H3,(H,18,20). The predicted octanol–water partition coefficient (Wildman–Crippen LogP) is 2.67. The molecule has 1 aliphatic carbocycles. The SMILES string of the molecule is Cc1ccc(-c2cc(CNC(=O)[C]3[CH][CH][CH][CH]3)on2)cc1. The third-order valence-electron chi connectivity index (χ3n) is 3.25. The van der Waals surface area contributed by atoms with Gasteiger partial charge in [-0.05, 0) is 32.6 Å². The molecule has 0 spiro atoms. The minimum Gasteiger partial charge on any atom is -0.359 e. The molecule has 0 saturated heterocycles. The van der Waals surface area contributed by atoms with Crippen molar-refractivity contribution in [1.82, 2.24) is 10.5 Å². The van der Waals surface area contributed by atoms with E-state index in [9.17, 15) is 4.79 Å². The molecule has 5 radical (unpaired) electrons. The normalized spacial score (nSPS) is 15.3. The van der Waals surface area contributed by atoms with Crippen molar-refractivity contribution in [3.05, 3.63) is 73.3 Å². The average Bonchev–Trinajstić information content (AvgIpc) is 3.17. The number of aryl methyl sites for hydroxylation is 1. The molecule has 0 aliphatic heterocycles. The highest BCUT2D eigenvalue weighted by Gasteiger charge is 2.24. The highest BCUT2D eigenvalue weighted by Crippen LogP contribution is 2.23. The maximum absolute atomic E-state index is 11.8. The van der Waals surface area contributed by atoms with Crippen molar-refractivity contribution in [3.8, 4) is 11.3 Å². The van der Waals surface area contributed by atoms with Gasteiger partial charge in [0, 0.05) is 11.6 Å². The topological polar surface area (TPSA) is 55.1 Å². The summed E-state index contributed by atoms with van der Waals surface area (Å²) in [6.07, 6.45) is 7.21. The monoisotopic (exact) mass is 279 g/mol. The van der Waals surface area contributed by atoms with Crippen molar-refractivity contribution in [2.75, 3.05) is 0 Å². The summed E-state index contributed by atoms with van der Waals surface area (Å²) in [5.41, 5.74) is 2.97. The van der Waals surface area contributed by atoms with Crippen LogP contribution in [-0.2, 0) is 11.3 Å². The molecule has 1 amide bonds. The number of nitrogens with zero attached hydrogens (tertiary/aromatic N) is 1. The Balaban J connectivity index is 1.60. The van der Waals surface area contributed by atoms with Crippen LogP contribution in [0.1, 0.15) is 11.3 Å². The Labute approximate surface area is 124 Å². The summed E-state index contributed by atoms with van der Waals surface area (Å²) in [6, 6.07) is 9.90. The van der Waals surface area contributed by atoms with Crippen molar-refractivity contribution in [1.29, 1.82) is 0 Å². The molecule has 1 fully saturated rings. The Hall–Kier alpha value is -2.10. The number of carbonyl (C=O) groups excluding carboxylic acids is 1. The first-order chi connectivity index (χ1) is 10.2. The van der Waals surface area contributed by atoms with Gasteiger partial charge in [0.1, 0.15) is 5.69 Å². The Morgan fingerprint density at radius 1 is 1.19 bits per heavy atom. The third-order valence-corrected chi connectivity index (χ3v) is 3.25. The smallest absolute Gasteiger partial charge is 0.228 e. The molecule has 21 heavy (non-hydrogen) atoms. The van der Waals surface area contributed by atoms with Crippen LogP contribution in [0.5, 0.6) is 0 Å². The predicted molar refractivity (Wildman–Crippen MR) is 79.0 cm³/mol. The van der Waals surface area contributed by atoms with Gasteiger partial charge in [-0.25, -0.2) is 0 Å². The zero-order chi connectivity index (χ0) is 14.7. The maximum atomic E-state index is 11.8. The van der Waals surface area contributed by atoms with Crippen LogP contribution in [0, 0.1) is 38.5 Å². The molecule has 1 aromatic heterocycles. The van der Waals surface area contributed by atoms with Crippen molar-refractivity contribution < 1.29 is 9.32 Å². The first-order valence-electron chi connectivity index (χ1n) is 6.75. The van der Waals surface area contributed by atoms with Gasteiger partial charge in [0.25, 0.3) is 0 Å². The number of benzene rings is 1. The summed E-state index contributed by atoms with van der Waals surface area (Å²) in [5.74, 6) is 1.16. The van der Waals surface area contributed by atoms with Gasteiger partial charge in [0.15, 0.2) is 5.76 Å². The minimum absolute atomic E-state index is 0.117. The fourth-order valence-electron chi connectivity index (χ4n) is 2.05. The second-order valence-electron chi connectivity index (χ2n) is 4.90. The minimum atomic E-state index is -0.117. The van der Waals surface area contributed by atoms with E-state index >= 15 is 0 Å². The second kappa shape index (κ2) is 6.12. The van der Waals surface area contributed by atoms with Gasteiger partial charge in [-0.3, -0.25) is 4.79 Å². The first-order valence-corrected chi connectivity index (χ1v) is 6.75. The Kier molecular flexibility index (Phi) is 4.04. The molecule has 105 valence electrons. The molecule has 0 unspecified atom stereocenters. The number of nitrogens with one attached hydrogen (secondary N) is 1. The summed E-state index contributed by atoms with van der Waals surface area (Å²) < 4.78 is 5.25. The van der Waals surface area contributed by atoms with E-state index in [1.165, 1.54) is 5.56 Å². The Morgan fingerprint density at radius 2 is 1.90 bits per heavy atom. The zero-order valence-corrected chi connectivity index (χ0v) is 11.7. The molecule has 2 aromatic rings. The van der Waals surface area contributed by atoms with E-state index in [4.69, 9.17) is 4.52 Å². The van der Waals surface area contributed by atoms with Crippen LogP contribution in [0.25, 0.3) is 11.3 Å². The summed E-state index contributed by atoms with van der Waals surface area (Å²) in [6.45, 7) is 2.36. The van der Waals surface area contributed by atoms with Crippen LogP contribution in [0.15, 0.2) is 34.9 Å². The highest BCUT2D eigenvalue weighted by atomic mass is 16.5. The van der Waals surface area contributed by atoms with E-state index in [1.807, 2.05) is 50.1 Å². The van der Waals surface area contributed by atoms with Crippen LogP contribution < -0.4 is 5.32 Å². The maximum Gasteiger partial charge on any atom is 0.228 e. The van der Waals surface area contributed by atoms with E-state index in [-0.39, 0.29) is 5.91 Å². The lowest BCUT2D eigenvalue weighted by Crippen LogP contribution is -2.27. The first kappa shape index (κ1) is 13.9. The molecule has 4 heteroatoms. The van der Waals surface area contributed by atoms with Crippen molar-refractivity contribution in [3.63, 3.8) is 0 Å². The van der Waals surface area contributed by atoms with Crippen molar-refractivity contribution in [2.24, 2.45) is 0 Å². The molecule has 1 heterocycles. The van der Waals surface area contributed by atoms with Gasteiger partial charge in [0.2, 0.25) is 5.91 Å². The van der Waals surface area contributed by atoms with E-state index in [1.54, 1.807) is 12.8 Å². The van der Waals surface area contributed by atoms with Crippen LogP contribution in [0.3, 0.4) is 0 Å². The van der Waals surface area contributed by atoms with Crippen molar-refractivity contribution in [2.45, 2.75) is 13.5 Å². The van der Waals surface area contributed by atoms with Gasteiger partial charge in [-0.1, -0.05) is 35.0 Å². The number of rotatable bonds is 4. The van der Waals surface area contributed by atoms with E-state index in [0.717, 1.165) is 11.3 Å².